The number of carboxylic acid groups (broad SMARTS) is 1. The molecule has 3 aliphatic rings. The van der Waals surface area contributed by atoms with E-state index in [1.54, 1.807) is 21.9 Å². The quantitative estimate of drug-likeness (QED) is 0.626. The summed E-state index contributed by atoms with van der Waals surface area (Å²) in [5.41, 5.74) is 3.13. The molecule has 0 aliphatic carbocycles. The van der Waals surface area contributed by atoms with Crippen LogP contribution in [0.15, 0.2) is 27.4 Å². The minimum absolute atomic E-state index is 0.0814. The van der Waals surface area contributed by atoms with Gasteiger partial charge in [-0.1, -0.05) is 0 Å². The molecule has 2 aromatic heterocycles. The number of nitrogens with zero attached hydrogens (tertiary/aromatic N) is 4. The molecule has 1 amide bonds. The number of aromatic nitrogens is 2. The maximum absolute atomic E-state index is 13.7. The molecular weight excluding hydrogens is 422 g/mol. The number of rotatable bonds is 5. The molecule has 2 atom stereocenters. The Balaban J connectivity index is 1.54. The van der Waals surface area contributed by atoms with Gasteiger partial charge in [-0.15, -0.1) is 11.3 Å². The van der Waals surface area contributed by atoms with Crippen molar-refractivity contribution in [1.29, 1.82) is 0 Å². The first-order valence-electron chi connectivity index (χ1n) is 9.12. The number of fused-ring (bicyclic) bond motifs is 3. The average Bonchev–Trinajstić information content (AvgIpc) is 3.38. The zero-order valence-corrected chi connectivity index (χ0v) is 16.2. The van der Waals surface area contributed by atoms with E-state index in [1.807, 2.05) is 0 Å². The van der Waals surface area contributed by atoms with E-state index >= 15 is 0 Å². The zero-order valence-electron chi connectivity index (χ0n) is 15.4. The second-order valence-electron chi connectivity index (χ2n) is 7.19. The van der Waals surface area contributed by atoms with Gasteiger partial charge in [-0.3, -0.25) is 4.90 Å². The first-order chi connectivity index (χ1) is 14.4. The van der Waals surface area contributed by atoms with Gasteiger partial charge in [0.05, 0.1) is 23.3 Å². The van der Waals surface area contributed by atoms with Gasteiger partial charge in [0.1, 0.15) is 6.61 Å². The Morgan fingerprint density at radius 2 is 2.13 bits per heavy atom. The highest BCUT2D eigenvalue weighted by atomic mass is 32.1. The zero-order chi connectivity index (χ0) is 21.0. The number of carbonyl (C=O) groups is 1. The SMILES string of the molecule is O=C(O)N1C2CC1CN(c1nc3c(OC(F)(F)CO)ccc(-c4cscn4)c3o1)C2. The highest BCUT2D eigenvalue weighted by Crippen LogP contribution is 2.40. The number of aliphatic hydroxyl groups is 1. The fourth-order valence-electron chi connectivity index (χ4n) is 4.01. The third-order valence-corrected chi connectivity index (χ3v) is 5.92. The van der Waals surface area contributed by atoms with Gasteiger partial charge in [-0.25, -0.2) is 9.78 Å². The van der Waals surface area contributed by atoms with E-state index in [0.29, 0.717) is 24.3 Å². The standard InChI is InChI=1S/C18H16F2N4O5S/c19-18(20,7-25)29-13-2-1-11(12-6-30-8-21-12)15-14(13)22-16(28-15)23-4-9-3-10(5-23)24(9)17(26)27/h1-2,6,8-10,25H,3-5,7H2,(H,26,27). The number of anilines is 1. The lowest BCUT2D eigenvalue weighted by Crippen LogP contribution is -2.70. The minimum Gasteiger partial charge on any atom is -0.465 e. The van der Waals surface area contributed by atoms with E-state index in [1.165, 1.54) is 22.3 Å². The number of piperidine rings is 1. The van der Waals surface area contributed by atoms with Gasteiger partial charge in [0.25, 0.3) is 6.01 Å². The number of hydrogen-bond donors (Lipinski definition) is 2. The van der Waals surface area contributed by atoms with Crippen molar-refractivity contribution >= 4 is 34.5 Å². The van der Waals surface area contributed by atoms with Crippen molar-refractivity contribution in [2.45, 2.75) is 24.6 Å². The van der Waals surface area contributed by atoms with Crippen LogP contribution in [0.2, 0.25) is 0 Å². The third kappa shape index (κ3) is 3.03. The van der Waals surface area contributed by atoms with Gasteiger partial charge >= 0.3 is 12.2 Å². The number of thiazole rings is 1. The maximum Gasteiger partial charge on any atom is 0.421 e. The molecule has 3 aromatic rings. The molecule has 0 saturated carbocycles. The average molecular weight is 438 g/mol. The van der Waals surface area contributed by atoms with Gasteiger partial charge in [0.2, 0.25) is 0 Å². The van der Waals surface area contributed by atoms with E-state index in [-0.39, 0.29) is 34.9 Å². The van der Waals surface area contributed by atoms with Crippen LogP contribution in [-0.2, 0) is 0 Å². The Bertz CT molecular complexity index is 1090. The van der Waals surface area contributed by atoms with E-state index in [4.69, 9.17) is 9.52 Å². The lowest BCUT2D eigenvalue weighted by atomic mass is 9.88. The van der Waals surface area contributed by atoms with Crippen LogP contribution < -0.4 is 9.64 Å². The second-order valence-corrected chi connectivity index (χ2v) is 7.91. The van der Waals surface area contributed by atoms with Crippen LogP contribution in [0, 0.1) is 0 Å². The summed E-state index contributed by atoms with van der Waals surface area (Å²) in [6, 6.07) is 2.76. The summed E-state index contributed by atoms with van der Waals surface area (Å²) >= 11 is 1.38. The fraction of sp³-hybridized carbons (Fsp3) is 0.389. The second kappa shape index (κ2) is 6.77. The summed E-state index contributed by atoms with van der Waals surface area (Å²) in [5, 5.41) is 19.9. The van der Waals surface area contributed by atoms with E-state index in [0.717, 1.165) is 6.42 Å². The molecule has 1 aromatic carbocycles. The molecule has 0 radical (unpaired) electrons. The van der Waals surface area contributed by atoms with Crippen molar-refractivity contribution in [2.24, 2.45) is 0 Å². The topological polar surface area (TPSA) is 112 Å². The number of ether oxygens (including phenoxy) is 1. The largest absolute Gasteiger partial charge is 0.465 e. The molecule has 5 heterocycles. The lowest BCUT2D eigenvalue weighted by Gasteiger charge is -2.54. The Morgan fingerprint density at radius 1 is 1.37 bits per heavy atom. The number of piperazine rings is 1. The Kier molecular flexibility index (Phi) is 4.29. The molecule has 2 unspecified atom stereocenters. The maximum atomic E-state index is 13.7. The highest BCUT2D eigenvalue weighted by molar-refractivity contribution is 7.07. The van der Waals surface area contributed by atoms with Gasteiger partial charge in [-0.05, 0) is 18.6 Å². The van der Waals surface area contributed by atoms with Gasteiger partial charge in [0, 0.05) is 24.0 Å². The summed E-state index contributed by atoms with van der Waals surface area (Å²) in [5.74, 6) is -0.229. The van der Waals surface area contributed by atoms with Gasteiger partial charge < -0.3 is 24.3 Å². The van der Waals surface area contributed by atoms with Crippen LogP contribution in [0.3, 0.4) is 0 Å². The molecule has 158 valence electrons. The van der Waals surface area contributed by atoms with Gasteiger partial charge in [-0.2, -0.15) is 13.8 Å². The van der Waals surface area contributed by atoms with Gasteiger partial charge in [0.15, 0.2) is 16.8 Å². The number of oxazole rings is 1. The van der Waals surface area contributed by atoms with E-state index in [2.05, 4.69) is 14.7 Å². The minimum atomic E-state index is -3.77. The number of benzene rings is 1. The normalized spacial score (nSPS) is 21.0. The summed E-state index contributed by atoms with van der Waals surface area (Å²) < 4.78 is 38.0. The molecule has 3 saturated heterocycles. The van der Waals surface area contributed by atoms with Crippen LogP contribution in [0.5, 0.6) is 5.75 Å². The van der Waals surface area contributed by atoms with Crippen LogP contribution in [0.4, 0.5) is 19.6 Å². The molecule has 12 heteroatoms. The fourth-order valence-corrected chi connectivity index (χ4v) is 4.56. The molecule has 6 rings (SSSR count). The van der Waals surface area contributed by atoms with Crippen molar-refractivity contribution in [3.63, 3.8) is 0 Å². The smallest absolute Gasteiger partial charge is 0.421 e. The molecule has 30 heavy (non-hydrogen) atoms. The summed E-state index contributed by atoms with van der Waals surface area (Å²) in [7, 11) is 0. The molecule has 9 nitrogen and oxygen atoms in total. The van der Waals surface area contributed by atoms with Crippen LogP contribution in [0.25, 0.3) is 22.4 Å². The number of hydrogen-bond acceptors (Lipinski definition) is 8. The molecule has 3 aliphatic heterocycles. The van der Waals surface area contributed by atoms with Crippen molar-refractivity contribution < 1.29 is 32.9 Å². The number of amides is 1. The van der Waals surface area contributed by atoms with E-state index < -0.39 is 18.8 Å². The van der Waals surface area contributed by atoms with Crippen LogP contribution in [0.1, 0.15) is 6.42 Å². The third-order valence-electron chi connectivity index (χ3n) is 5.33. The summed E-state index contributed by atoms with van der Waals surface area (Å²) in [6.07, 6.45) is -3.96. The summed E-state index contributed by atoms with van der Waals surface area (Å²) in [6.45, 7) is -0.692. The van der Waals surface area contributed by atoms with Crippen molar-refractivity contribution in [3.05, 3.63) is 23.0 Å². The molecular formula is C18H16F2N4O5S. The van der Waals surface area contributed by atoms with E-state index in [9.17, 15) is 18.7 Å². The lowest BCUT2D eigenvalue weighted by molar-refractivity contribution is -0.200. The van der Waals surface area contributed by atoms with Crippen molar-refractivity contribution in [3.8, 4) is 17.0 Å². The molecule has 3 fully saturated rings. The van der Waals surface area contributed by atoms with Crippen molar-refractivity contribution in [2.75, 3.05) is 24.6 Å². The Morgan fingerprint density at radius 3 is 2.77 bits per heavy atom. The van der Waals surface area contributed by atoms with Crippen LogP contribution in [-0.4, -0.2) is 69.1 Å². The number of alkyl halides is 2. The highest BCUT2D eigenvalue weighted by Gasteiger charge is 2.48. The predicted octanol–water partition coefficient (Wildman–Crippen LogP) is 2.86. The molecule has 0 spiro atoms. The molecule has 2 N–H and O–H groups in total. The predicted molar refractivity (Wildman–Crippen MR) is 102 cm³/mol. The Hall–Kier alpha value is -2.99. The first-order valence-corrected chi connectivity index (χ1v) is 10.1. The number of aliphatic hydroxyl groups excluding tert-OH is 1. The van der Waals surface area contributed by atoms with Crippen molar-refractivity contribution in [1.82, 2.24) is 14.9 Å². The Labute approximate surface area is 172 Å². The van der Waals surface area contributed by atoms with Crippen LogP contribution >= 0.6 is 11.3 Å². The number of halogens is 2. The first kappa shape index (κ1) is 19.0. The monoisotopic (exact) mass is 438 g/mol. The molecule has 2 bridgehead atoms. The summed E-state index contributed by atoms with van der Waals surface area (Å²) in [4.78, 5) is 23.2.